The van der Waals surface area contributed by atoms with Crippen molar-refractivity contribution in [3.63, 3.8) is 0 Å². The molecule has 2 fully saturated rings. The topological polar surface area (TPSA) is 111 Å². The van der Waals surface area contributed by atoms with Gasteiger partial charge in [0.05, 0.1) is 36.1 Å². The van der Waals surface area contributed by atoms with Crippen LogP contribution >= 0.6 is 0 Å². The number of hydrogen-bond acceptors (Lipinski definition) is 9. The molecule has 2 bridgehead atoms. The molecule has 2 aliphatic heterocycles. The SMILES string of the molecule is CCOc1ccc2c(Nc3cnccn3)nn(-c3ccnc(N4C[C@@H]5C[C@H]4CN5C(=O)OC(C)(C)C)c3)c2c1. The summed E-state index contributed by atoms with van der Waals surface area (Å²) in [4.78, 5) is 30.0. The number of carbonyl (C=O) groups is 1. The number of ether oxygens (including phenoxy) is 2. The Bertz CT molecular complexity index is 1500. The van der Waals surface area contributed by atoms with E-state index in [0.717, 1.165) is 34.6 Å². The van der Waals surface area contributed by atoms with Crippen molar-refractivity contribution < 1.29 is 14.3 Å². The maximum atomic E-state index is 12.7. The van der Waals surface area contributed by atoms with E-state index in [-0.39, 0.29) is 18.2 Å². The second-order valence-electron chi connectivity index (χ2n) is 10.8. The maximum Gasteiger partial charge on any atom is 0.410 e. The Labute approximate surface area is 226 Å². The number of carbonyl (C=O) groups excluding carboxylic acids is 1. The van der Waals surface area contributed by atoms with Gasteiger partial charge >= 0.3 is 6.09 Å². The first-order valence-electron chi connectivity index (χ1n) is 13.2. The molecule has 2 atom stereocenters. The Morgan fingerprint density at radius 1 is 1.08 bits per heavy atom. The van der Waals surface area contributed by atoms with Gasteiger partial charge in [-0.25, -0.2) is 19.4 Å². The number of amides is 1. The summed E-state index contributed by atoms with van der Waals surface area (Å²) in [5, 5.41) is 9.12. The molecule has 4 aromatic rings. The van der Waals surface area contributed by atoms with Gasteiger partial charge in [0.15, 0.2) is 5.82 Å². The lowest BCUT2D eigenvalue weighted by molar-refractivity contribution is 0.0214. The van der Waals surface area contributed by atoms with Crippen LogP contribution in [0.5, 0.6) is 5.75 Å². The van der Waals surface area contributed by atoms with Gasteiger partial charge in [-0.05, 0) is 52.3 Å². The van der Waals surface area contributed by atoms with Crippen LogP contribution < -0.4 is 15.0 Å². The largest absolute Gasteiger partial charge is 0.494 e. The number of hydrogen-bond donors (Lipinski definition) is 1. The average Bonchev–Trinajstić information content (AvgIpc) is 3.62. The fourth-order valence-electron chi connectivity index (χ4n) is 5.31. The second-order valence-corrected chi connectivity index (χ2v) is 10.8. The van der Waals surface area contributed by atoms with Crippen LogP contribution in [0.4, 0.5) is 22.2 Å². The Morgan fingerprint density at radius 2 is 1.95 bits per heavy atom. The number of pyridine rings is 1. The smallest absolute Gasteiger partial charge is 0.410 e. The highest BCUT2D eigenvalue weighted by atomic mass is 16.6. The van der Waals surface area contributed by atoms with Crippen molar-refractivity contribution in [2.24, 2.45) is 0 Å². The predicted molar refractivity (Wildman–Crippen MR) is 148 cm³/mol. The highest BCUT2D eigenvalue weighted by Gasteiger charge is 2.47. The second kappa shape index (κ2) is 9.72. The van der Waals surface area contributed by atoms with Crippen molar-refractivity contribution in [3.05, 3.63) is 55.1 Å². The molecule has 0 unspecified atom stereocenters. The molecule has 2 aliphatic rings. The molecule has 1 amide bonds. The highest BCUT2D eigenvalue weighted by molar-refractivity contribution is 5.93. The van der Waals surface area contributed by atoms with Crippen LogP contribution in [0, 0.1) is 0 Å². The number of likely N-dealkylation sites (tertiary alicyclic amines) is 1. The number of piperazine rings is 1. The summed E-state index contributed by atoms with van der Waals surface area (Å²) in [6.07, 6.45) is 7.39. The number of anilines is 3. The Kier molecular flexibility index (Phi) is 6.20. The van der Waals surface area contributed by atoms with E-state index < -0.39 is 5.60 Å². The zero-order chi connectivity index (χ0) is 27.1. The van der Waals surface area contributed by atoms with E-state index >= 15 is 0 Å². The van der Waals surface area contributed by atoms with Gasteiger partial charge in [-0.2, -0.15) is 0 Å². The number of fused-ring (bicyclic) bond motifs is 3. The number of aromatic nitrogens is 5. The minimum absolute atomic E-state index is 0.109. The first-order chi connectivity index (χ1) is 18.8. The summed E-state index contributed by atoms with van der Waals surface area (Å²) in [6, 6.07) is 10.2. The molecule has 202 valence electrons. The number of nitrogens with zero attached hydrogens (tertiary/aromatic N) is 7. The molecule has 0 saturated carbocycles. The highest BCUT2D eigenvalue weighted by Crippen LogP contribution is 2.36. The molecule has 2 saturated heterocycles. The van der Waals surface area contributed by atoms with Gasteiger partial charge in [-0.1, -0.05) is 0 Å². The van der Waals surface area contributed by atoms with Crippen molar-refractivity contribution in [3.8, 4) is 11.4 Å². The van der Waals surface area contributed by atoms with Crippen molar-refractivity contribution in [1.82, 2.24) is 29.6 Å². The Balaban J connectivity index is 1.30. The lowest BCUT2D eigenvalue weighted by atomic mass is 10.2. The summed E-state index contributed by atoms with van der Waals surface area (Å²) in [5.41, 5.74) is 1.25. The van der Waals surface area contributed by atoms with Crippen LogP contribution in [0.25, 0.3) is 16.6 Å². The minimum Gasteiger partial charge on any atom is -0.494 e. The average molecular weight is 529 g/mol. The summed E-state index contributed by atoms with van der Waals surface area (Å²) >= 11 is 0. The predicted octanol–water partition coefficient (Wildman–Crippen LogP) is 4.55. The zero-order valence-corrected chi connectivity index (χ0v) is 22.5. The molecule has 0 spiro atoms. The van der Waals surface area contributed by atoms with E-state index in [1.807, 2.05) is 67.6 Å². The zero-order valence-electron chi connectivity index (χ0n) is 22.5. The standard InChI is InChI=1S/C28H32N8O3/c1-5-38-21-6-7-22-23(14-21)36(33-26(22)32-24-15-29-10-11-30-24)18-8-9-31-25(13-18)34-16-20-12-19(34)17-35(20)27(37)39-28(2,3)4/h6-11,13-15,19-20H,5,12,16-17H2,1-4H3,(H,30,32,33)/t19-,20-/m0/s1. The third kappa shape index (κ3) is 4.91. The van der Waals surface area contributed by atoms with Gasteiger partial charge < -0.3 is 24.6 Å². The van der Waals surface area contributed by atoms with Gasteiger partial charge in [-0.15, -0.1) is 5.10 Å². The van der Waals surface area contributed by atoms with Crippen LogP contribution in [0.15, 0.2) is 55.1 Å². The molecular formula is C28H32N8O3. The summed E-state index contributed by atoms with van der Waals surface area (Å²) in [6.45, 7) is 9.56. The van der Waals surface area contributed by atoms with Gasteiger partial charge in [0.25, 0.3) is 0 Å². The molecule has 11 heteroatoms. The van der Waals surface area contributed by atoms with E-state index in [2.05, 4.69) is 25.2 Å². The first kappa shape index (κ1) is 24.9. The van der Waals surface area contributed by atoms with Crippen LogP contribution in [0.2, 0.25) is 0 Å². The van der Waals surface area contributed by atoms with Gasteiger partial charge in [0.2, 0.25) is 0 Å². The maximum absolute atomic E-state index is 12.7. The van der Waals surface area contributed by atoms with Crippen LogP contribution in [0.1, 0.15) is 34.1 Å². The molecule has 6 rings (SSSR count). The third-order valence-corrected chi connectivity index (χ3v) is 6.91. The number of rotatable bonds is 6. The fraction of sp³-hybridized carbons (Fsp3) is 0.393. The number of benzene rings is 1. The monoisotopic (exact) mass is 528 g/mol. The molecular weight excluding hydrogens is 496 g/mol. The summed E-state index contributed by atoms with van der Waals surface area (Å²) in [7, 11) is 0. The third-order valence-electron chi connectivity index (χ3n) is 6.91. The van der Waals surface area contributed by atoms with Crippen molar-refractivity contribution in [1.29, 1.82) is 0 Å². The van der Waals surface area contributed by atoms with Gasteiger partial charge in [-0.3, -0.25) is 4.98 Å². The molecule has 5 heterocycles. The van der Waals surface area contributed by atoms with Crippen molar-refractivity contribution >= 4 is 34.4 Å². The number of nitrogens with one attached hydrogen (secondary N) is 1. The van der Waals surface area contributed by atoms with Crippen molar-refractivity contribution in [2.75, 3.05) is 29.9 Å². The summed E-state index contributed by atoms with van der Waals surface area (Å²) < 4.78 is 13.3. The van der Waals surface area contributed by atoms with E-state index in [4.69, 9.17) is 14.6 Å². The molecule has 11 nitrogen and oxygen atoms in total. The fourth-order valence-corrected chi connectivity index (χ4v) is 5.31. The molecule has 0 aliphatic carbocycles. The van der Waals surface area contributed by atoms with E-state index in [1.165, 1.54) is 0 Å². The van der Waals surface area contributed by atoms with Gasteiger partial charge in [0.1, 0.15) is 23.0 Å². The van der Waals surface area contributed by atoms with Gasteiger partial charge in [0, 0.05) is 49.2 Å². The Morgan fingerprint density at radius 3 is 2.67 bits per heavy atom. The normalized spacial score (nSPS) is 18.6. The van der Waals surface area contributed by atoms with Crippen LogP contribution in [-0.4, -0.2) is 73.1 Å². The molecule has 1 aromatic carbocycles. The van der Waals surface area contributed by atoms with Crippen LogP contribution in [-0.2, 0) is 4.74 Å². The first-order valence-corrected chi connectivity index (χ1v) is 13.2. The lowest BCUT2D eigenvalue weighted by Gasteiger charge is -2.35. The van der Waals surface area contributed by atoms with E-state index in [9.17, 15) is 4.79 Å². The quantitative estimate of drug-likeness (QED) is 0.385. The Hall–Kier alpha value is -4.41. The molecule has 0 radical (unpaired) electrons. The lowest BCUT2D eigenvalue weighted by Crippen LogP contribution is -2.50. The summed E-state index contributed by atoms with van der Waals surface area (Å²) in [5.74, 6) is 2.90. The van der Waals surface area contributed by atoms with Crippen LogP contribution in [0.3, 0.4) is 0 Å². The molecule has 1 N–H and O–H groups in total. The van der Waals surface area contributed by atoms with E-state index in [0.29, 0.717) is 31.3 Å². The molecule has 3 aromatic heterocycles. The van der Waals surface area contributed by atoms with E-state index in [1.54, 1.807) is 24.8 Å². The van der Waals surface area contributed by atoms with Crippen molar-refractivity contribution in [2.45, 2.75) is 51.8 Å². The minimum atomic E-state index is -0.510. The molecule has 39 heavy (non-hydrogen) atoms.